The van der Waals surface area contributed by atoms with Crippen molar-refractivity contribution in [3.8, 4) is 0 Å². The standard InChI is InChI=1S/C19H30N2O3/c1-2-24-16-11-15(19(16)8-4-9-19)20-17(22)14-5-3-10-21(12-14)18(23)13-6-7-13/h13-16H,2-12H2,1H3,(H,20,22). The van der Waals surface area contributed by atoms with Crippen molar-refractivity contribution in [1.29, 1.82) is 0 Å². The van der Waals surface area contributed by atoms with Crippen molar-refractivity contribution in [2.24, 2.45) is 17.3 Å². The third kappa shape index (κ3) is 2.75. The van der Waals surface area contributed by atoms with Gasteiger partial charge in [0.15, 0.2) is 0 Å². The molecule has 2 amide bonds. The van der Waals surface area contributed by atoms with Crippen LogP contribution in [0.4, 0.5) is 0 Å². The maximum Gasteiger partial charge on any atom is 0.225 e. The maximum atomic E-state index is 12.8. The summed E-state index contributed by atoms with van der Waals surface area (Å²) in [6.07, 6.45) is 8.84. The van der Waals surface area contributed by atoms with Gasteiger partial charge >= 0.3 is 0 Å². The van der Waals surface area contributed by atoms with Gasteiger partial charge in [-0.2, -0.15) is 0 Å². The summed E-state index contributed by atoms with van der Waals surface area (Å²) in [7, 11) is 0. The Kier molecular flexibility index (Phi) is 4.31. The summed E-state index contributed by atoms with van der Waals surface area (Å²) >= 11 is 0. The van der Waals surface area contributed by atoms with Crippen LogP contribution in [0.5, 0.6) is 0 Å². The number of carbonyl (C=O) groups is 2. The molecule has 4 rings (SSSR count). The summed E-state index contributed by atoms with van der Waals surface area (Å²) < 4.78 is 5.87. The van der Waals surface area contributed by atoms with Crippen LogP contribution in [0.1, 0.15) is 58.3 Å². The first-order valence-corrected chi connectivity index (χ1v) is 9.85. The van der Waals surface area contributed by atoms with E-state index in [4.69, 9.17) is 4.74 Å². The van der Waals surface area contributed by atoms with Crippen molar-refractivity contribution in [2.75, 3.05) is 19.7 Å². The third-order valence-electron chi connectivity index (χ3n) is 6.78. The van der Waals surface area contributed by atoms with Gasteiger partial charge in [0.25, 0.3) is 0 Å². The number of hydrogen-bond acceptors (Lipinski definition) is 3. The van der Waals surface area contributed by atoms with Gasteiger partial charge in [0.2, 0.25) is 11.8 Å². The second-order valence-corrected chi connectivity index (χ2v) is 8.23. The SMILES string of the molecule is CCOC1CC(NC(=O)C2CCCN(C(=O)C3CC3)C2)C12CCC2. The molecule has 1 heterocycles. The lowest BCUT2D eigenvalue weighted by atomic mass is 9.51. The topological polar surface area (TPSA) is 58.6 Å². The van der Waals surface area contributed by atoms with Crippen molar-refractivity contribution >= 4 is 11.8 Å². The minimum atomic E-state index is -0.0234. The molecule has 3 aliphatic carbocycles. The van der Waals surface area contributed by atoms with Crippen LogP contribution in [0.2, 0.25) is 0 Å². The molecule has 1 N–H and O–H groups in total. The molecule has 134 valence electrons. The maximum absolute atomic E-state index is 12.8. The first-order valence-electron chi connectivity index (χ1n) is 9.85. The van der Waals surface area contributed by atoms with Crippen LogP contribution in [-0.2, 0) is 14.3 Å². The van der Waals surface area contributed by atoms with E-state index in [1.807, 2.05) is 11.8 Å². The molecule has 4 fully saturated rings. The zero-order chi connectivity index (χ0) is 16.7. The molecule has 5 nitrogen and oxygen atoms in total. The van der Waals surface area contributed by atoms with Gasteiger partial charge < -0.3 is 15.0 Å². The number of nitrogens with one attached hydrogen (secondary N) is 1. The Morgan fingerprint density at radius 2 is 1.96 bits per heavy atom. The first kappa shape index (κ1) is 16.4. The highest BCUT2D eigenvalue weighted by Gasteiger charge is 2.59. The number of carbonyl (C=O) groups excluding carboxylic acids is 2. The second-order valence-electron chi connectivity index (χ2n) is 8.23. The van der Waals surface area contributed by atoms with Crippen LogP contribution in [0.3, 0.4) is 0 Å². The van der Waals surface area contributed by atoms with E-state index in [0.29, 0.717) is 12.6 Å². The van der Waals surface area contributed by atoms with E-state index in [1.165, 1.54) is 19.3 Å². The van der Waals surface area contributed by atoms with Crippen molar-refractivity contribution in [2.45, 2.75) is 70.4 Å². The van der Waals surface area contributed by atoms with Crippen LogP contribution in [0.25, 0.3) is 0 Å². The zero-order valence-electron chi connectivity index (χ0n) is 14.8. The Labute approximate surface area is 144 Å². The molecule has 1 aliphatic heterocycles. The molecule has 0 aromatic heterocycles. The summed E-state index contributed by atoms with van der Waals surface area (Å²) in [5, 5.41) is 3.31. The second kappa shape index (κ2) is 6.32. The third-order valence-corrected chi connectivity index (χ3v) is 6.78. The molecule has 3 atom stereocenters. The molecule has 4 aliphatic rings. The highest BCUT2D eigenvalue weighted by Crippen LogP contribution is 2.57. The minimum absolute atomic E-state index is 0.0234. The number of piperidine rings is 1. The molecule has 1 spiro atoms. The Bertz CT molecular complexity index is 513. The van der Waals surface area contributed by atoms with E-state index in [2.05, 4.69) is 5.32 Å². The molecular formula is C19H30N2O3. The van der Waals surface area contributed by atoms with Gasteiger partial charge in [-0.15, -0.1) is 0 Å². The average Bonchev–Trinajstić information content (AvgIpc) is 3.36. The smallest absolute Gasteiger partial charge is 0.225 e. The van der Waals surface area contributed by atoms with Crippen molar-refractivity contribution in [3.05, 3.63) is 0 Å². The van der Waals surface area contributed by atoms with E-state index in [-0.39, 0.29) is 35.1 Å². The van der Waals surface area contributed by atoms with Crippen LogP contribution < -0.4 is 5.32 Å². The van der Waals surface area contributed by atoms with E-state index in [0.717, 1.165) is 45.3 Å². The molecular weight excluding hydrogens is 304 g/mol. The van der Waals surface area contributed by atoms with Crippen molar-refractivity contribution in [1.82, 2.24) is 10.2 Å². The lowest BCUT2D eigenvalue weighted by Gasteiger charge is -2.61. The first-order chi connectivity index (χ1) is 11.6. The predicted molar refractivity (Wildman–Crippen MR) is 90.3 cm³/mol. The summed E-state index contributed by atoms with van der Waals surface area (Å²) in [5.41, 5.74) is 0.212. The van der Waals surface area contributed by atoms with Crippen molar-refractivity contribution in [3.63, 3.8) is 0 Å². The van der Waals surface area contributed by atoms with Crippen LogP contribution in [0, 0.1) is 17.3 Å². The number of hydrogen-bond donors (Lipinski definition) is 1. The number of likely N-dealkylation sites (tertiary alicyclic amines) is 1. The van der Waals surface area contributed by atoms with Gasteiger partial charge in [-0.3, -0.25) is 9.59 Å². The molecule has 5 heteroatoms. The summed E-state index contributed by atoms with van der Waals surface area (Å²) in [6.45, 7) is 4.26. The highest BCUT2D eigenvalue weighted by molar-refractivity contribution is 5.83. The lowest BCUT2D eigenvalue weighted by molar-refractivity contribution is -0.177. The largest absolute Gasteiger partial charge is 0.378 e. The molecule has 0 radical (unpaired) electrons. The van der Waals surface area contributed by atoms with E-state index >= 15 is 0 Å². The van der Waals surface area contributed by atoms with Gasteiger partial charge in [0.1, 0.15) is 0 Å². The number of amides is 2. The molecule has 3 saturated carbocycles. The Hall–Kier alpha value is -1.10. The van der Waals surface area contributed by atoms with Crippen LogP contribution in [-0.4, -0.2) is 48.6 Å². The van der Waals surface area contributed by atoms with Gasteiger partial charge in [-0.25, -0.2) is 0 Å². The Morgan fingerprint density at radius 1 is 1.17 bits per heavy atom. The molecule has 3 unspecified atom stereocenters. The summed E-state index contributed by atoms with van der Waals surface area (Å²) in [4.78, 5) is 27.0. The predicted octanol–water partition coefficient (Wildman–Crippen LogP) is 2.10. The quantitative estimate of drug-likeness (QED) is 0.838. The number of rotatable bonds is 5. The normalized spacial score (nSPS) is 34.4. The summed E-state index contributed by atoms with van der Waals surface area (Å²) in [5.74, 6) is 0.672. The highest BCUT2D eigenvalue weighted by atomic mass is 16.5. The average molecular weight is 334 g/mol. The Morgan fingerprint density at radius 3 is 2.58 bits per heavy atom. The van der Waals surface area contributed by atoms with E-state index in [9.17, 15) is 9.59 Å². The van der Waals surface area contributed by atoms with Gasteiger partial charge in [0, 0.05) is 37.1 Å². The minimum Gasteiger partial charge on any atom is -0.378 e. The Balaban J connectivity index is 1.32. The number of ether oxygens (including phenoxy) is 1. The molecule has 0 aromatic carbocycles. The summed E-state index contributed by atoms with van der Waals surface area (Å²) in [6, 6.07) is 0.282. The van der Waals surface area contributed by atoms with Crippen LogP contribution >= 0.6 is 0 Å². The molecule has 0 bridgehead atoms. The fourth-order valence-electron chi connectivity index (χ4n) is 4.91. The fraction of sp³-hybridized carbons (Fsp3) is 0.895. The van der Waals surface area contributed by atoms with Gasteiger partial charge in [0.05, 0.1) is 12.0 Å². The molecule has 0 aromatic rings. The fourth-order valence-corrected chi connectivity index (χ4v) is 4.91. The monoisotopic (exact) mass is 334 g/mol. The zero-order valence-corrected chi connectivity index (χ0v) is 14.8. The lowest BCUT2D eigenvalue weighted by Crippen LogP contribution is -2.68. The molecule has 1 saturated heterocycles. The number of nitrogens with zero attached hydrogens (tertiary/aromatic N) is 1. The van der Waals surface area contributed by atoms with E-state index < -0.39 is 0 Å². The van der Waals surface area contributed by atoms with E-state index in [1.54, 1.807) is 0 Å². The van der Waals surface area contributed by atoms with Crippen LogP contribution in [0.15, 0.2) is 0 Å². The molecule has 24 heavy (non-hydrogen) atoms. The van der Waals surface area contributed by atoms with Crippen molar-refractivity contribution < 1.29 is 14.3 Å². The van der Waals surface area contributed by atoms with Gasteiger partial charge in [-0.1, -0.05) is 6.42 Å². The van der Waals surface area contributed by atoms with Gasteiger partial charge in [-0.05, 0) is 51.9 Å².